The van der Waals surface area contributed by atoms with Crippen molar-refractivity contribution in [2.24, 2.45) is 0 Å². The summed E-state index contributed by atoms with van der Waals surface area (Å²) in [4.78, 5) is 0. The zero-order valence-electron chi connectivity index (χ0n) is 7.42. The Morgan fingerprint density at radius 1 is 1.14 bits per heavy atom. The number of hydrogen-bond donors (Lipinski definition) is 2. The van der Waals surface area contributed by atoms with Crippen LogP contribution in [0, 0.1) is 0 Å². The van der Waals surface area contributed by atoms with Crippen molar-refractivity contribution in [2.75, 3.05) is 0 Å². The molecule has 2 N–H and O–H groups in total. The van der Waals surface area contributed by atoms with E-state index in [9.17, 15) is 5.11 Å². The van der Waals surface area contributed by atoms with E-state index in [0.29, 0.717) is 0 Å². The third-order valence-electron chi connectivity index (χ3n) is 1.99. The summed E-state index contributed by atoms with van der Waals surface area (Å²) in [6, 6.07) is 9.50. The summed E-state index contributed by atoms with van der Waals surface area (Å²) in [7, 11) is 0. The standard InChI is InChI=1S/C11H10O3/c12-10-6-9(7-14-11(10)13)8-4-2-1-3-5-8/h1-7,11-13H. The molecule has 0 aliphatic carbocycles. The van der Waals surface area contributed by atoms with E-state index in [2.05, 4.69) is 0 Å². The summed E-state index contributed by atoms with van der Waals surface area (Å²) in [5.74, 6) is -0.175. The van der Waals surface area contributed by atoms with Crippen LogP contribution in [0.4, 0.5) is 0 Å². The molecule has 0 saturated carbocycles. The maximum atomic E-state index is 9.25. The minimum absolute atomic E-state index is 0.175. The normalized spacial score (nSPS) is 20.8. The van der Waals surface area contributed by atoms with E-state index < -0.39 is 6.29 Å². The quantitative estimate of drug-likeness (QED) is 0.710. The van der Waals surface area contributed by atoms with Gasteiger partial charge in [-0.3, -0.25) is 0 Å². The molecule has 1 aromatic rings. The molecule has 0 saturated heterocycles. The van der Waals surface area contributed by atoms with E-state index in [1.54, 1.807) is 0 Å². The topological polar surface area (TPSA) is 49.7 Å². The molecule has 1 aromatic carbocycles. The molecule has 1 atom stereocenters. The van der Waals surface area contributed by atoms with E-state index in [1.807, 2.05) is 30.3 Å². The van der Waals surface area contributed by atoms with Crippen LogP contribution in [0.1, 0.15) is 5.56 Å². The van der Waals surface area contributed by atoms with Crippen molar-refractivity contribution in [3.8, 4) is 0 Å². The highest BCUT2D eigenvalue weighted by Crippen LogP contribution is 2.22. The van der Waals surface area contributed by atoms with Gasteiger partial charge in [0.2, 0.25) is 0 Å². The molecule has 72 valence electrons. The molecule has 1 aliphatic heterocycles. The third kappa shape index (κ3) is 1.63. The SMILES string of the molecule is OC1=CC(c2ccccc2)=COC1O. The van der Waals surface area contributed by atoms with Crippen molar-refractivity contribution >= 4 is 5.57 Å². The van der Waals surface area contributed by atoms with Crippen LogP contribution in [-0.4, -0.2) is 16.5 Å². The van der Waals surface area contributed by atoms with Crippen molar-refractivity contribution in [3.63, 3.8) is 0 Å². The largest absolute Gasteiger partial charge is 0.506 e. The molecule has 3 heteroatoms. The smallest absolute Gasteiger partial charge is 0.255 e. The molecule has 0 aromatic heterocycles. The Morgan fingerprint density at radius 2 is 1.86 bits per heavy atom. The van der Waals surface area contributed by atoms with E-state index in [4.69, 9.17) is 9.84 Å². The lowest BCUT2D eigenvalue weighted by molar-refractivity contribution is -0.0496. The lowest BCUT2D eigenvalue weighted by atomic mass is 10.1. The maximum absolute atomic E-state index is 9.25. The Bertz CT molecular complexity index is 379. The lowest BCUT2D eigenvalue weighted by Crippen LogP contribution is -2.15. The van der Waals surface area contributed by atoms with Crippen LogP contribution in [0.25, 0.3) is 5.57 Å². The molecular weight excluding hydrogens is 180 g/mol. The van der Waals surface area contributed by atoms with Gasteiger partial charge in [0, 0.05) is 5.57 Å². The zero-order valence-corrected chi connectivity index (χ0v) is 7.42. The molecular formula is C11H10O3. The molecule has 0 bridgehead atoms. The fourth-order valence-electron chi connectivity index (χ4n) is 1.25. The minimum Gasteiger partial charge on any atom is -0.506 e. The fraction of sp³-hybridized carbons (Fsp3) is 0.0909. The fourth-order valence-corrected chi connectivity index (χ4v) is 1.25. The number of allylic oxidation sites excluding steroid dienone is 2. The average Bonchev–Trinajstić information content (AvgIpc) is 2.23. The predicted octanol–water partition coefficient (Wildman–Crippen LogP) is 1.82. The second-order valence-electron chi connectivity index (χ2n) is 3.00. The molecule has 0 radical (unpaired) electrons. The molecule has 0 spiro atoms. The van der Waals surface area contributed by atoms with E-state index >= 15 is 0 Å². The Morgan fingerprint density at radius 3 is 2.50 bits per heavy atom. The molecule has 2 rings (SSSR count). The highest BCUT2D eigenvalue weighted by molar-refractivity contribution is 5.74. The third-order valence-corrected chi connectivity index (χ3v) is 1.99. The van der Waals surface area contributed by atoms with Gasteiger partial charge in [-0.15, -0.1) is 0 Å². The first-order valence-electron chi connectivity index (χ1n) is 4.27. The Kier molecular flexibility index (Phi) is 2.24. The Labute approximate surface area is 81.6 Å². The summed E-state index contributed by atoms with van der Waals surface area (Å²) in [5.41, 5.74) is 1.68. The van der Waals surface area contributed by atoms with Crippen molar-refractivity contribution in [1.82, 2.24) is 0 Å². The molecule has 1 heterocycles. The zero-order chi connectivity index (χ0) is 9.97. The number of aliphatic hydroxyl groups excluding tert-OH is 2. The summed E-state index contributed by atoms with van der Waals surface area (Å²) in [5, 5.41) is 18.3. The van der Waals surface area contributed by atoms with Crippen LogP contribution in [0.5, 0.6) is 0 Å². The van der Waals surface area contributed by atoms with Crippen LogP contribution in [-0.2, 0) is 4.74 Å². The number of benzene rings is 1. The number of ether oxygens (including phenoxy) is 1. The molecule has 14 heavy (non-hydrogen) atoms. The monoisotopic (exact) mass is 190 g/mol. The molecule has 0 amide bonds. The first-order chi connectivity index (χ1) is 6.77. The predicted molar refractivity (Wildman–Crippen MR) is 52.2 cm³/mol. The van der Waals surface area contributed by atoms with Crippen molar-refractivity contribution < 1.29 is 14.9 Å². The second kappa shape index (κ2) is 3.55. The average molecular weight is 190 g/mol. The van der Waals surface area contributed by atoms with Gasteiger partial charge in [0.1, 0.15) is 0 Å². The van der Waals surface area contributed by atoms with E-state index in [1.165, 1.54) is 12.3 Å². The Hall–Kier alpha value is -1.74. The highest BCUT2D eigenvalue weighted by atomic mass is 16.6. The second-order valence-corrected chi connectivity index (χ2v) is 3.00. The highest BCUT2D eigenvalue weighted by Gasteiger charge is 2.15. The van der Waals surface area contributed by atoms with Gasteiger partial charge in [-0.2, -0.15) is 0 Å². The van der Waals surface area contributed by atoms with Crippen LogP contribution in [0.15, 0.2) is 48.4 Å². The van der Waals surface area contributed by atoms with Gasteiger partial charge in [0.25, 0.3) is 6.29 Å². The van der Waals surface area contributed by atoms with Gasteiger partial charge in [-0.25, -0.2) is 0 Å². The van der Waals surface area contributed by atoms with Crippen LogP contribution >= 0.6 is 0 Å². The Balaban J connectivity index is 2.31. The first-order valence-corrected chi connectivity index (χ1v) is 4.27. The van der Waals surface area contributed by atoms with Crippen LogP contribution in [0.3, 0.4) is 0 Å². The van der Waals surface area contributed by atoms with Gasteiger partial charge in [-0.1, -0.05) is 30.3 Å². The van der Waals surface area contributed by atoms with E-state index in [-0.39, 0.29) is 5.76 Å². The molecule has 3 nitrogen and oxygen atoms in total. The summed E-state index contributed by atoms with van der Waals surface area (Å²) >= 11 is 0. The summed E-state index contributed by atoms with van der Waals surface area (Å²) < 4.78 is 4.83. The number of aliphatic hydroxyl groups is 2. The molecule has 1 aliphatic rings. The minimum atomic E-state index is -1.23. The molecule has 0 fully saturated rings. The van der Waals surface area contributed by atoms with Gasteiger partial charge in [-0.05, 0) is 11.6 Å². The first kappa shape index (κ1) is 8.84. The number of hydrogen-bond acceptors (Lipinski definition) is 3. The molecule has 1 unspecified atom stereocenters. The van der Waals surface area contributed by atoms with Crippen molar-refractivity contribution in [2.45, 2.75) is 6.29 Å². The summed E-state index contributed by atoms with van der Waals surface area (Å²) in [6.07, 6.45) is 1.69. The van der Waals surface area contributed by atoms with Gasteiger partial charge < -0.3 is 14.9 Å². The van der Waals surface area contributed by atoms with Crippen molar-refractivity contribution in [1.29, 1.82) is 0 Å². The summed E-state index contributed by atoms with van der Waals surface area (Å²) in [6.45, 7) is 0. The van der Waals surface area contributed by atoms with Crippen LogP contribution in [0.2, 0.25) is 0 Å². The lowest BCUT2D eigenvalue weighted by Gasteiger charge is -2.16. The van der Waals surface area contributed by atoms with Gasteiger partial charge >= 0.3 is 0 Å². The van der Waals surface area contributed by atoms with E-state index in [0.717, 1.165) is 11.1 Å². The maximum Gasteiger partial charge on any atom is 0.255 e. The van der Waals surface area contributed by atoms with Crippen LogP contribution < -0.4 is 0 Å². The van der Waals surface area contributed by atoms with Gasteiger partial charge in [0.05, 0.1) is 6.26 Å². The van der Waals surface area contributed by atoms with Gasteiger partial charge in [0.15, 0.2) is 5.76 Å². The number of rotatable bonds is 1. The van der Waals surface area contributed by atoms with Crippen molar-refractivity contribution in [3.05, 3.63) is 54.0 Å².